The van der Waals surface area contributed by atoms with Gasteiger partial charge in [0.1, 0.15) is 0 Å². The van der Waals surface area contributed by atoms with Crippen LogP contribution in [0.15, 0.2) is 48.5 Å². The fourth-order valence-corrected chi connectivity index (χ4v) is 1.57. The molecule has 0 spiro atoms. The van der Waals surface area contributed by atoms with Crippen molar-refractivity contribution in [1.29, 1.82) is 0 Å². The second-order valence-corrected chi connectivity index (χ2v) is 3.74. The average Bonchev–Trinajstić information content (AvgIpc) is 2.44. The van der Waals surface area contributed by atoms with Crippen molar-refractivity contribution < 1.29 is 0 Å². The maximum Gasteiger partial charge on any atom is -0.0181 e. The maximum absolute atomic E-state index is 2.21. The zero-order chi connectivity index (χ0) is 14.0. The zero-order valence-corrected chi connectivity index (χ0v) is 12.6. The predicted molar refractivity (Wildman–Crippen MR) is 90.8 cm³/mol. The van der Waals surface area contributed by atoms with Crippen molar-refractivity contribution in [1.82, 2.24) is 0 Å². The highest BCUT2D eigenvalue weighted by Crippen LogP contribution is 2.20. The molecule has 0 saturated heterocycles. The van der Waals surface area contributed by atoms with Crippen LogP contribution in [0, 0.1) is 13.8 Å². The van der Waals surface area contributed by atoms with Crippen LogP contribution >= 0.6 is 0 Å². The fourth-order valence-electron chi connectivity index (χ4n) is 1.57. The number of rotatable bonds is 1. The summed E-state index contributed by atoms with van der Waals surface area (Å²) < 4.78 is 0. The highest BCUT2D eigenvalue weighted by molar-refractivity contribution is 5.64. The molecule has 0 aliphatic heterocycles. The summed E-state index contributed by atoms with van der Waals surface area (Å²) in [5, 5.41) is 0. The largest absolute Gasteiger partial charge is 0.0776 e. The zero-order valence-electron chi connectivity index (χ0n) is 12.6. The van der Waals surface area contributed by atoms with Crippen LogP contribution in [0.25, 0.3) is 11.1 Å². The summed E-state index contributed by atoms with van der Waals surface area (Å²) >= 11 is 0. The Morgan fingerprint density at radius 1 is 0.579 bits per heavy atom. The third-order valence-corrected chi connectivity index (χ3v) is 2.40. The lowest BCUT2D eigenvalue weighted by molar-refractivity contribution is 1.44. The van der Waals surface area contributed by atoms with Gasteiger partial charge < -0.3 is 0 Å². The minimum absolute atomic E-state index is 0. The van der Waals surface area contributed by atoms with E-state index < -0.39 is 0 Å². The molecule has 0 saturated carbocycles. The molecule has 0 radical (unpaired) electrons. The van der Waals surface area contributed by atoms with Gasteiger partial charge in [0.15, 0.2) is 0 Å². The Hall–Kier alpha value is -1.56. The second-order valence-electron chi connectivity index (χ2n) is 3.74. The molecular formula is C19H30. The first-order valence-electron chi connectivity index (χ1n) is 6.89. The van der Waals surface area contributed by atoms with Crippen LogP contribution in [0.5, 0.6) is 0 Å². The number of benzene rings is 2. The van der Waals surface area contributed by atoms with Crippen LogP contribution in [-0.2, 0) is 0 Å². The first-order chi connectivity index (χ1) is 8.75. The van der Waals surface area contributed by atoms with Gasteiger partial charge in [-0.3, -0.25) is 0 Å². The third-order valence-electron chi connectivity index (χ3n) is 2.40. The molecule has 2 rings (SSSR count). The van der Waals surface area contributed by atoms with Gasteiger partial charge in [-0.2, -0.15) is 0 Å². The van der Waals surface area contributed by atoms with Crippen molar-refractivity contribution in [2.75, 3.05) is 0 Å². The minimum atomic E-state index is 0. The lowest BCUT2D eigenvalue weighted by atomic mass is 10.0. The van der Waals surface area contributed by atoms with Gasteiger partial charge in [-0.1, -0.05) is 94.8 Å². The fraction of sp³-hybridized carbons (Fsp3) is 0.368. The Kier molecular flexibility index (Phi) is 12.0. The second kappa shape index (κ2) is 11.5. The van der Waals surface area contributed by atoms with Gasteiger partial charge in [-0.25, -0.2) is 0 Å². The van der Waals surface area contributed by atoms with E-state index in [2.05, 4.69) is 62.4 Å². The standard InChI is InChI=1S/C14H14.2C2H6.CH4/c1-11-6-8-13(9-7-11)14-5-3-4-12(2)10-14;2*1-2;/h3-10H,1-2H3;2*1-2H3;1H4. The molecule has 2 aromatic carbocycles. The smallest absolute Gasteiger partial charge is 0.0181 e. The molecule has 0 aliphatic carbocycles. The highest BCUT2D eigenvalue weighted by atomic mass is 14.0. The summed E-state index contributed by atoms with van der Waals surface area (Å²) in [6.07, 6.45) is 0. The Balaban J connectivity index is 0. The summed E-state index contributed by atoms with van der Waals surface area (Å²) in [4.78, 5) is 0. The Bertz CT molecular complexity index is 424. The van der Waals surface area contributed by atoms with Crippen molar-refractivity contribution >= 4 is 0 Å². The maximum atomic E-state index is 2.21. The Morgan fingerprint density at radius 2 is 1.11 bits per heavy atom. The van der Waals surface area contributed by atoms with Gasteiger partial charge in [0, 0.05) is 0 Å². The molecule has 0 unspecified atom stereocenters. The Morgan fingerprint density at radius 3 is 1.58 bits per heavy atom. The molecule has 19 heavy (non-hydrogen) atoms. The van der Waals surface area contributed by atoms with E-state index in [1.54, 1.807) is 0 Å². The van der Waals surface area contributed by atoms with E-state index in [4.69, 9.17) is 0 Å². The first kappa shape index (κ1) is 19.8. The van der Waals surface area contributed by atoms with Crippen LogP contribution in [-0.4, -0.2) is 0 Å². The van der Waals surface area contributed by atoms with Crippen molar-refractivity contribution in [3.63, 3.8) is 0 Å². The lowest BCUT2D eigenvalue weighted by Crippen LogP contribution is -1.79. The van der Waals surface area contributed by atoms with E-state index in [1.807, 2.05) is 27.7 Å². The molecule has 0 aliphatic rings. The van der Waals surface area contributed by atoms with Gasteiger partial charge in [0.25, 0.3) is 0 Å². The van der Waals surface area contributed by atoms with Crippen molar-refractivity contribution in [3.8, 4) is 11.1 Å². The van der Waals surface area contributed by atoms with Crippen molar-refractivity contribution in [2.24, 2.45) is 0 Å². The molecule has 0 fully saturated rings. The molecule has 0 heterocycles. The van der Waals surface area contributed by atoms with E-state index in [1.165, 1.54) is 22.3 Å². The van der Waals surface area contributed by atoms with E-state index in [9.17, 15) is 0 Å². The molecule has 2 aromatic rings. The molecule has 0 aromatic heterocycles. The van der Waals surface area contributed by atoms with Crippen LogP contribution < -0.4 is 0 Å². The van der Waals surface area contributed by atoms with E-state index in [0.29, 0.717) is 0 Å². The van der Waals surface area contributed by atoms with Gasteiger partial charge in [0.2, 0.25) is 0 Å². The molecular weight excluding hydrogens is 228 g/mol. The van der Waals surface area contributed by atoms with Gasteiger partial charge in [0.05, 0.1) is 0 Å². The highest BCUT2D eigenvalue weighted by Gasteiger charge is 1.96. The van der Waals surface area contributed by atoms with Crippen molar-refractivity contribution in [2.45, 2.75) is 49.0 Å². The molecule has 0 atom stereocenters. The first-order valence-corrected chi connectivity index (χ1v) is 6.89. The summed E-state index contributed by atoms with van der Waals surface area (Å²) in [7, 11) is 0. The van der Waals surface area contributed by atoms with E-state index in [0.717, 1.165) is 0 Å². The van der Waals surface area contributed by atoms with Gasteiger partial charge in [-0.05, 0) is 25.0 Å². The van der Waals surface area contributed by atoms with Gasteiger partial charge in [-0.15, -0.1) is 0 Å². The molecule has 0 amide bonds. The molecule has 0 bridgehead atoms. The van der Waals surface area contributed by atoms with E-state index >= 15 is 0 Å². The number of hydrogen-bond donors (Lipinski definition) is 0. The minimum Gasteiger partial charge on any atom is -0.0776 e. The third kappa shape index (κ3) is 6.81. The van der Waals surface area contributed by atoms with Crippen LogP contribution in [0.3, 0.4) is 0 Å². The summed E-state index contributed by atoms with van der Waals surface area (Å²) in [6.45, 7) is 12.2. The van der Waals surface area contributed by atoms with Crippen LogP contribution in [0.1, 0.15) is 46.2 Å². The molecule has 0 nitrogen and oxygen atoms in total. The SMILES string of the molecule is C.CC.CC.Cc1ccc(-c2cccc(C)c2)cc1. The molecule has 0 N–H and O–H groups in total. The number of hydrogen-bond acceptors (Lipinski definition) is 0. The lowest BCUT2D eigenvalue weighted by Gasteiger charge is -2.02. The summed E-state index contributed by atoms with van der Waals surface area (Å²) in [5.74, 6) is 0. The molecule has 106 valence electrons. The van der Waals surface area contributed by atoms with Crippen molar-refractivity contribution in [3.05, 3.63) is 59.7 Å². The van der Waals surface area contributed by atoms with E-state index in [-0.39, 0.29) is 7.43 Å². The van der Waals surface area contributed by atoms with Crippen LogP contribution in [0.4, 0.5) is 0 Å². The Labute approximate surface area is 120 Å². The topological polar surface area (TPSA) is 0 Å². The quantitative estimate of drug-likeness (QED) is 0.536. The van der Waals surface area contributed by atoms with Crippen LogP contribution in [0.2, 0.25) is 0 Å². The van der Waals surface area contributed by atoms with Gasteiger partial charge >= 0.3 is 0 Å². The number of aryl methyl sites for hydroxylation is 2. The summed E-state index contributed by atoms with van der Waals surface area (Å²) in [5.41, 5.74) is 5.20. The normalized spacial score (nSPS) is 8.11. The molecule has 0 heteroatoms. The monoisotopic (exact) mass is 258 g/mol. The predicted octanol–water partition coefficient (Wildman–Crippen LogP) is 6.66. The average molecular weight is 258 g/mol. The summed E-state index contributed by atoms with van der Waals surface area (Å²) in [6, 6.07) is 17.2.